The van der Waals surface area contributed by atoms with Crippen molar-refractivity contribution in [2.45, 2.75) is 38.3 Å². The molecular formula is C17H17FN4O3. The van der Waals surface area contributed by atoms with E-state index in [9.17, 15) is 19.3 Å². The standard InChI is InChI=1S/C17H17FN4O3/c18-14-4-3-12(22(24)25)7-11(14)8-21-6-5-15-13(9-21)17(23)20-16(19-15)10-1-2-10/h3-4,7,10H,1-2,5-6,8-9H2,(H,19,20,23). The molecule has 4 rings (SSSR count). The summed E-state index contributed by atoms with van der Waals surface area (Å²) in [5, 5.41) is 10.9. The lowest BCUT2D eigenvalue weighted by atomic mass is 10.1. The quantitative estimate of drug-likeness (QED) is 0.678. The summed E-state index contributed by atoms with van der Waals surface area (Å²) in [6.45, 7) is 1.22. The van der Waals surface area contributed by atoms with Crippen molar-refractivity contribution in [2.75, 3.05) is 6.54 Å². The minimum atomic E-state index is -0.539. The molecule has 2 aliphatic rings. The second-order valence-corrected chi connectivity index (χ2v) is 6.64. The topological polar surface area (TPSA) is 92.1 Å². The van der Waals surface area contributed by atoms with Gasteiger partial charge in [0.05, 0.1) is 16.2 Å². The van der Waals surface area contributed by atoms with E-state index in [1.54, 1.807) is 0 Å². The third-order valence-electron chi connectivity index (χ3n) is 4.76. The Hall–Kier alpha value is -2.61. The van der Waals surface area contributed by atoms with Gasteiger partial charge < -0.3 is 4.98 Å². The number of hydrogen-bond acceptors (Lipinski definition) is 5. The van der Waals surface area contributed by atoms with Crippen molar-refractivity contribution in [1.82, 2.24) is 14.9 Å². The molecule has 0 bridgehead atoms. The first-order valence-corrected chi connectivity index (χ1v) is 8.28. The first-order chi connectivity index (χ1) is 12.0. The van der Waals surface area contributed by atoms with E-state index in [1.165, 1.54) is 6.07 Å². The van der Waals surface area contributed by atoms with Gasteiger partial charge >= 0.3 is 0 Å². The molecule has 25 heavy (non-hydrogen) atoms. The van der Waals surface area contributed by atoms with Gasteiger partial charge in [0.1, 0.15) is 11.6 Å². The molecule has 2 heterocycles. The largest absolute Gasteiger partial charge is 0.310 e. The highest BCUT2D eigenvalue weighted by atomic mass is 19.1. The number of benzene rings is 1. The highest BCUT2D eigenvalue weighted by Crippen LogP contribution is 2.37. The average Bonchev–Trinajstić information content (AvgIpc) is 3.42. The molecule has 0 atom stereocenters. The van der Waals surface area contributed by atoms with Crippen LogP contribution < -0.4 is 5.56 Å². The third kappa shape index (κ3) is 3.17. The van der Waals surface area contributed by atoms with Crippen molar-refractivity contribution in [2.24, 2.45) is 0 Å². The van der Waals surface area contributed by atoms with Gasteiger partial charge in [0.25, 0.3) is 11.2 Å². The lowest BCUT2D eigenvalue weighted by molar-refractivity contribution is -0.385. The van der Waals surface area contributed by atoms with Crippen molar-refractivity contribution < 1.29 is 9.31 Å². The molecule has 2 aromatic rings. The number of nitro groups is 1. The van der Waals surface area contributed by atoms with Gasteiger partial charge in [-0.2, -0.15) is 0 Å². The van der Waals surface area contributed by atoms with E-state index in [4.69, 9.17) is 0 Å². The average molecular weight is 344 g/mol. The van der Waals surface area contributed by atoms with E-state index in [1.807, 2.05) is 4.90 Å². The first kappa shape index (κ1) is 15.9. The fraction of sp³-hybridized carbons (Fsp3) is 0.412. The number of aromatic amines is 1. The van der Waals surface area contributed by atoms with Crippen LogP contribution in [0.1, 0.15) is 41.4 Å². The van der Waals surface area contributed by atoms with E-state index < -0.39 is 10.7 Å². The summed E-state index contributed by atoms with van der Waals surface area (Å²) in [6, 6.07) is 3.52. The zero-order valence-electron chi connectivity index (χ0n) is 13.5. The van der Waals surface area contributed by atoms with Gasteiger partial charge in [-0.15, -0.1) is 0 Å². The van der Waals surface area contributed by atoms with Crippen LogP contribution in [0.5, 0.6) is 0 Å². The summed E-state index contributed by atoms with van der Waals surface area (Å²) < 4.78 is 14.0. The maximum Gasteiger partial charge on any atom is 0.269 e. The molecule has 1 saturated carbocycles. The van der Waals surface area contributed by atoms with E-state index in [0.29, 0.717) is 31.0 Å². The Kier molecular flexibility index (Phi) is 3.84. The fourth-order valence-electron chi connectivity index (χ4n) is 3.22. The van der Waals surface area contributed by atoms with Gasteiger partial charge in [-0.1, -0.05) is 0 Å². The number of H-pyrrole nitrogens is 1. The predicted molar refractivity (Wildman–Crippen MR) is 87.7 cm³/mol. The number of nitro benzene ring substituents is 1. The predicted octanol–water partition coefficient (Wildman–Crippen LogP) is 2.25. The Morgan fingerprint density at radius 2 is 2.20 bits per heavy atom. The van der Waals surface area contributed by atoms with Crippen molar-refractivity contribution in [1.29, 1.82) is 0 Å². The van der Waals surface area contributed by atoms with Crippen LogP contribution in [0.3, 0.4) is 0 Å². The molecule has 1 N–H and O–H groups in total. The van der Waals surface area contributed by atoms with E-state index >= 15 is 0 Å². The number of nitrogens with zero attached hydrogens (tertiary/aromatic N) is 3. The number of nitrogens with one attached hydrogen (secondary N) is 1. The smallest absolute Gasteiger partial charge is 0.269 e. The maximum atomic E-state index is 14.0. The Bertz CT molecular complexity index is 907. The Balaban J connectivity index is 1.56. The third-order valence-corrected chi connectivity index (χ3v) is 4.76. The molecule has 0 saturated heterocycles. The fourth-order valence-corrected chi connectivity index (χ4v) is 3.22. The minimum Gasteiger partial charge on any atom is -0.310 e. The van der Waals surface area contributed by atoms with Crippen LogP contribution in [-0.2, 0) is 19.5 Å². The highest BCUT2D eigenvalue weighted by molar-refractivity contribution is 5.35. The highest BCUT2D eigenvalue weighted by Gasteiger charge is 2.29. The van der Waals surface area contributed by atoms with Crippen LogP contribution in [0.2, 0.25) is 0 Å². The maximum absolute atomic E-state index is 14.0. The Morgan fingerprint density at radius 1 is 1.40 bits per heavy atom. The number of aromatic nitrogens is 2. The molecule has 7 nitrogen and oxygen atoms in total. The molecule has 0 radical (unpaired) electrons. The second-order valence-electron chi connectivity index (χ2n) is 6.64. The molecule has 1 fully saturated rings. The Labute approximate surface area is 142 Å². The monoisotopic (exact) mass is 344 g/mol. The number of hydrogen-bond donors (Lipinski definition) is 1. The molecule has 0 spiro atoms. The summed E-state index contributed by atoms with van der Waals surface area (Å²) >= 11 is 0. The van der Waals surface area contributed by atoms with Crippen molar-refractivity contribution >= 4 is 5.69 Å². The van der Waals surface area contributed by atoms with Crippen molar-refractivity contribution in [3.8, 4) is 0 Å². The normalized spacial score (nSPS) is 17.3. The molecule has 1 aliphatic carbocycles. The summed E-state index contributed by atoms with van der Waals surface area (Å²) in [7, 11) is 0. The van der Waals surface area contributed by atoms with Gasteiger partial charge in [0, 0.05) is 49.7 Å². The number of rotatable bonds is 4. The lowest BCUT2D eigenvalue weighted by Gasteiger charge is -2.27. The van der Waals surface area contributed by atoms with Crippen LogP contribution in [0, 0.1) is 15.9 Å². The number of fused-ring (bicyclic) bond motifs is 1. The molecule has 0 unspecified atom stereocenters. The zero-order chi connectivity index (χ0) is 17.6. The van der Waals surface area contributed by atoms with Gasteiger partial charge in [0.2, 0.25) is 0 Å². The van der Waals surface area contributed by atoms with Gasteiger partial charge in [-0.05, 0) is 18.9 Å². The van der Waals surface area contributed by atoms with Crippen LogP contribution >= 0.6 is 0 Å². The Morgan fingerprint density at radius 3 is 2.92 bits per heavy atom. The van der Waals surface area contributed by atoms with Gasteiger partial charge in [0.15, 0.2) is 0 Å². The molecule has 130 valence electrons. The summed E-state index contributed by atoms with van der Waals surface area (Å²) in [5.41, 5.74) is 1.43. The molecule has 8 heteroatoms. The minimum absolute atomic E-state index is 0.129. The van der Waals surface area contributed by atoms with Gasteiger partial charge in [-0.25, -0.2) is 9.37 Å². The first-order valence-electron chi connectivity index (χ1n) is 8.28. The van der Waals surface area contributed by atoms with Crippen molar-refractivity contribution in [3.63, 3.8) is 0 Å². The number of halogens is 1. The molecular weight excluding hydrogens is 327 g/mol. The number of non-ortho nitro benzene ring substituents is 1. The van der Waals surface area contributed by atoms with E-state index in [2.05, 4.69) is 9.97 Å². The summed E-state index contributed by atoms with van der Waals surface area (Å²) in [4.78, 5) is 32.0. The second kappa shape index (κ2) is 6.03. The van der Waals surface area contributed by atoms with Crippen LogP contribution in [-0.4, -0.2) is 26.3 Å². The summed E-state index contributed by atoms with van der Waals surface area (Å²) in [6.07, 6.45) is 2.76. The van der Waals surface area contributed by atoms with Gasteiger partial charge in [-0.3, -0.25) is 19.8 Å². The van der Waals surface area contributed by atoms with Crippen molar-refractivity contribution in [3.05, 3.63) is 67.1 Å². The van der Waals surface area contributed by atoms with Crippen LogP contribution in [0.4, 0.5) is 10.1 Å². The molecule has 1 aliphatic heterocycles. The summed E-state index contributed by atoms with van der Waals surface area (Å²) in [5.74, 6) is 0.685. The lowest BCUT2D eigenvalue weighted by Crippen LogP contribution is -2.36. The van der Waals surface area contributed by atoms with E-state index in [0.717, 1.165) is 36.5 Å². The SMILES string of the molecule is O=c1[nH]c(C2CC2)nc2c1CN(Cc1cc([N+](=O)[O-])ccc1F)CC2. The molecule has 1 aromatic carbocycles. The van der Waals surface area contributed by atoms with E-state index in [-0.39, 0.29) is 23.4 Å². The molecule has 0 amide bonds. The van der Waals surface area contributed by atoms with Crippen LogP contribution in [0.15, 0.2) is 23.0 Å². The zero-order valence-corrected chi connectivity index (χ0v) is 13.5. The van der Waals surface area contributed by atoms with Crippen LogP contribution in [0.25, 0.3) is 0 Å². The molecule has 1 aromatic heterocycles.